The molecule has 15 heteroatoms. The van der Waals surface area contributed by atoms with Crippen molar-refractivity contribution in [3.8, 4) is 17.2 Å². The predicted octanol–water partition coefficient (Wildman–Crippen LogP) is 11.6. The van der Waals surface area contributed by atoms with E-state index in [4.69, 9.17) is 23.5 Å². The molecule has 0 spiro atoms. The fourth-order valence-electron chi connectivity index (χ4n) is 6.03. The fraction of sp³-hybridized carbons (Fsp3) is 0.435. The molecule has 0 radical (unpaired) electrons. The largest absolute Gasteiger partial charge is 0.487 e. The number of carboxylic acids is 1. The number of aliphatic carboxylic acids is 1. The van der Waals surface area contributed by atoms with Gasteiger partial charge in [0.2, 0.25) is 0 Å². The van der Waals surface area contributed by atoms with Crippen molar-refractivity contribution in [2.75, 3.05) is 24.4 Å². The highest BCUT2D eigenvalue weighted by molar-refractivity contribution is 7.99. The third kappa shape index (κ3) is 19.6. The van der Waals surface area contributed by atoms with Gasteiger partial charge in [0, 0.05) is 34.1 Å². The van der Waals surface area contributed by atoms with Crippen LogP contribution < -0.4 is 9.47 Å². The average molecular weight is 907 g/mol. The van der Waals surface area contributed by atoms with Crippen LogP contribution in [0.25, 0.3) is 0 Å². The van der Waals surface area contributed by atoms with Crippen LogP contribution in [-0.4, -0.2) is 62.0 Å². The maximum absolute atomic E-state index is 13.3. The topological polar surface area (TPSA) is 125 Å². The second-order valence-corrected chi connectivity index (χ2v) is 18.1. The first-order valence-electron chi connectivity index (χ1n) is 20.3. The molecule has 0 amide bonds. The van der Waals surface area contributed by atoms with Gasteiger partial charge in [0.15, 0.2) is 11.5 Å². The number of halogens is 3. The summed E-state index contributed by atoms with van der Waals surface area (Å²) in [6.45, 7) is 10.00. The molecule has 4 aromatic carbocycles. The lowest BCUT2D eigenvalue weighted by Gasteiger charge is -2.19. The van der Waals surface area contributed by atoms with E-state index in [1.54, 1.807) is 60.8 Å². The SMILES string of the molecule is CCOC(=O)CCc1ccc(SCC[C@@H](C)OS(C)(=O)=O)cc1CC.CCc1cc(SCC[C@H](C)Oc2ccc(C(F)(F)F)cc2Oc2ccccc2)ccc1CCC(=O)O. The molecule has 0 aliphatic heterocycles. The van der Waals surface area contributed by atoms with Gasteiger partial charge >= 0.3 is 18.1 Å². The van der Waals surface area contributed by atoms with Crippen molar-refractivity contribution in [1.82, 2.24) is 0 Å². The number of para-hydroxylation sites is 1. The van der Waals surface area contributed by atoms with Crippen LogP contribution in [-0.2, 0) is 60.5 Å². The Morgan fingerprint density at radius 1 is 0.721 bits per heavy atom. The molecule has 0 saturated carbocycles. The number of carbonyl (C=O) groups is 2. The van der Waals surface area contributed by atoms with Crippen LogP contribution in [0.4, 0.5) is 13.2 Å². The zero-order valence-electron chi connectivity index (χ0n) is 35.6. The summed E-state index contributed by atoms with van der Waals surface area (Å²) in [6.07, 6.45) is 0.742. The highest BCUT2D eigenvalue weighted by Gasteiger charge is 2.32. The highest BCUT2D eigenvalue weighted by atomic mass is 32.2. The van der Waals surface area contributed by atoms with Gasteiger partial charge in [-0.3, -0.25) is 13.8 Å². The molecule has 0 aliphatic rings. The van der Waals surface area contributed by atoms with Crippen molar-refractivity contribution >= 4 is 45.6 Å². The number of rotatable bonds is 23. The lowest BCUT2D eigenvalue weighted by molar-refractivity contribution is -0.143. The summed E-state index contributed by atoms with van der Waals surface area (Å²) in [5.74, 6) is 1.23. The summed E-state index contributed by atoms with van der Waals surface area (Å²) in [6, 6.07) is 24.2. The summed E-state index contributed by atoms with van der Waals surface area (Å²) in [7, 11) is -3.40. The van der Waals surface area contributed by atoms with E-state index in [2.05, 4.69) is 25.1 Å². The fourth-order valence-corrected chi connectivity index (χ4v) is 8.87. The van der Waals surface area contributed by atoms with Gasteiger partial charge in [0.05, 0.1) is 30.6 Å². The lowest BCUT2D eigenvalue weighted by atomic mass is 10.0. The smallest absolute Gasteiger partial charge is 0.416 e. The molecule has 0 saturated heterocycles. The first-order chi connectivity index (χ1) is 28.9. The van der Waals surface area contributed by atoms with Crippen molar-refractivity contribution < 1.29 is 54.7 Å². The Balaban J connectivity index is 0.000000349. The Morgan fingerprint density at radius 3 is 1.79 bits per heavy atom. The Bertz CT molecular complexity index is 2100. The number of carbonyl (C=O) groups excluding carboxylic acids is 1. The van der Waals surface area contributed by atoms with Crippen molar-refractivity contribution in [2.24, 2.45) is 0 Å². The van der Waals surface area contributed by atoms with Crippen LogP contribution in [0, 0.1) is 0 Å². The van der Waals surface area contributed by atoms with E-state index < -0.39 is 27.8 Å². The molecule has 0 heterocycles. The molecule has 0 aromatic heterocycles. The molecule has 0 fully saturated rings. The van der Waals surface area contributed by atoms with E-state index in [0.29, 0.717) is 44.5 Å². The number of benzene rings is 4. The Hall–Kier alpha value is -4.18. The molecule has 4 rings (SSSR count). The van der Waals surface area contributed by atoms with E-state index in [1.165, 1.54) is 17.2 Å². The minimum atomic E-state index is -4.49. The molecule has 9 nitrogen and oxygen atoms in total. The summed E-state index contributed by atoms with van der Waals surface area (Å²) in [4.78, 5) is 24.6. The summed E-state index contributed by atoms with van der Waals surface area (Å²) in [5, 5.41) is 8.93. The van der Waals surface area contributed by atoms with Gasteiger partial charge < -0.3 is 19.3 Å². The monoisotopic (exact) mass is 906 g/mol. The van der Waals surface area contributed by atoms with Crippen LogP contribution in [0.15, 0.2) is 94.7 Å². The molecule has 61 heavy (non-hydrogen) atoms. The molecule has 0 bridgehead atoms. The number of aryl methyl sites for hydroxylation is 4. The van der Waals surface area contributed by atoms with Crippen LogP contribution in [0.2, 0.25) is 0 Å². The van der Waals surface area contributed by atoms with Crippen molar-refractivity contribution in [2.45, 2.75) is 114 Å². The van der Waals surface area contributed by atoms with Gasteiger partial charge in [-0.2, -0.15) is 21.6 Å². The third-order valence-electron chi connectivity index (χ3n) is 9.12. The van der Waals surface area contributed by atoms with Gasteiger partial charge in [-0.15, -0.1) is 23.5 Å². The van der Waals surface area contributed by atoms with Gasteiger partial charge in [0.1, 0.15) is 5.75 Å². The first kappa shape index (κ1) is 51.2. The number of hydrogen-bond donors (Lipinski definition) is 1. The number of esters is 1. The zero-order chi connectivity index (χ0) is 45.0. The summed E-state index contributed by atoms with van der Waals surface area (Å²) in [5.41, 5.74) is 3.79. The summed E-state index contributed by atoms with van der Waals surface area (Å²) < 4.78 is 83.6. The lowest BCUT2D eigenvalue weighted by Crippen LogP contribution is -2.14. The number of alkyl halides is 3. The van der Waals surface area contributed by atoms with Gasteiger partial charge in [-0.05, 0) is 136 Å². The van der Waals surface area contributed by atoms with Crippen molar-refractivity contribution in [3.63, 3.8) is 0 Å². The second kappa shape index (κ2) is 25.7. The first-order valence-corrected chi connectivity index (χ1v) is 24.0. The van der Waals surface area contributed by atoms with Gasteiger partial charge in [0.25, 0.3) is 10.1 Å². The van der Waals surface area contributed by atoms with Crippen LogP contribution in [0.1, 0.15) is 88.1 Å². The van der Waals surface area contributed by atoms with Crippen molar-refractivity contribution in [1.29, 1.82) is 0 Å². The molecule has 0 aliphatic carbocycles. The number of thioether (sulfide) groups is 2. The van der Waals surface area contributed by atoms with Gasteiger partial charge in [-0.25, -0.2) is 0 Å². The van der Waals surface area contributed by atoms with Crippen LogP contribution in [0.3, 0.4) is 0 Å². The quantitative estimate of drug-likeness (QED) is 0.0434. The van der Waals surface area contributed by atoms with E-state index in [1.807, 2.05) is 39.0 Å². The number of carboxylic acid groups (broad SMARTS) is 1. The third-order valence-corrected chi connectivity index (χ3v) is 11.9. The molecule has 0 unspecified atom stereocenters. The minimum absolute atomic E-state index is 0.0139. The molecule has 4 aromatic rings. The summed E-state index contributed by atoms with van der Waals surface area (Å²) >= 11 is 3.34. The van der Waals surface area contributed by atoms with Gasteiger partial charge in [-0.1, -0.05) is 44.2 Å². The number of ether oxygens (including phenoxy) is 3. The second-order valence-electron chi connectivity index (χ2n) is 14.2. The van der Waals surface area contributed by atoms with E-state index >= 15 is 0 Å². The zero-order valence-corrected chi connectivity index (χ0v) is 38.0. The van der Waals surface area contributed by atoms with Crippen molar-refractivity contribution in [3.05, 3.63) is 113 Å². The minimum Gasteiger partial charge on any atom is -0.487 e. The Labute approximate surface area is 367 Å². The molecule has 334 valence electrons. The maximum atomic E-state index is 13.3. The number of hydrogen-bond acceptors (Lipinski definition) is 10. The Kier molecular flexibility index (Phi) is 21.5. The molecular weight excluding hydrogens is 850 g/mol. The van der Waals surface area contributed by atoms with E-state index in [9.17, 15) is 31.2 Å². The van der Waals surface area contributed by atoms with E-state index in [-0.39, 0.29) is 36.1 Å². The Morgan fingerprint density at radius 2 is 1.28 bits per heavy atom. The predicted molar refractivity (Wildman–Crippen MR) is 237 cm³/mol. The average Bonchev–Trinajstić information content (AvgIpc) is 3.20. The van der Waals surface area contributed by atoms with Crippen LogP contribution in [0.5, 0.6) is 17.2 Å². The normalized spacial score (nSPS) is 12.5. The highest BCUT2D eigenvalue weighted by Crippen LogP contribution is 2.39. The van der Waals surface area contributed by atoms with Crippen LogP contribution >= 0.6 is 23.5 Å². The molecule has 1 N–H and O–H groups in total. The standard InChI is InChI=1S/C28H29F3O4S.C18H28O5S2/c1-3-20-17-24(12-9-21(20)10-14-27(32)33)36-16-15-19(2)34-25-13-11-22(28(29,30)31)18-26(25)35-23-7-5-4-6-8-23;1-5-15-13-17(24-12-11-14(3)23-25(4,20)21)9-7-16(15)8-10-18(19)22-6-2/h4-9,11-13,17-19H,3,10,14-16H2,1-2H3,(H,32,33);7,9,13-14H,5-6,8,10-12H2,1-4H3/t19-;14-/m01/s1. The maximum Gasteiger partial charge on any atom is 0.416 e. The van der Waals surface area contributed by atoms with E-state index in [0.717, 1.165) is 63.7 Å². The molecule has 2 atom stereocenters. The molecular formula is C46H57F3O9S3.